The maximum Gasteiger partial charge on any atom is 0.133 e. The first-order valence-electron chi connectivity index (χ1n) is 7.82. The molecule has 1 aliphatic heterocycles. The number of benzene rings is 2. The molecule has 3 aromatic rings. The van der Waals surface area contributed by atoms with Crippen LogP contribution in [0.25, 0.3) is 16.9 Å². The molecule has 4 rings (SSSR count). The van der Waals surface area contributed by atoms with E-state index in [1.165, 1.54) is 28.8 Å². The SMILES string of the molecule is Cc1cc(C)cc(-c2nn(-c3ccc(F)cc3)c3c2CCN3)c1. The first kappa shape index (κ1) is 14.0. The Balaban J connectivity index is 1.89. The minimum Gasteiger partial charge on any atom is -0.369 e. The molecule has 0 saturated heterocycles. The predicted octanol–water partition coefficient (Wildman–Crippen LogP) is 4.26. The Morgan fingerprint density at radius 3 is 2.43 bits per heavy atom. The number of nitrogens with zero attached hydrogens (tertiary/aromatic N) is 2. The van der Waals surface area contributed by atoms with Gasteiger partial charge in [0.15, 0.2) is 0 Å². The molecule has 3 nitrogen and oxygen atoms in total. The molecule has 0 aliphatic carbocycles. The molecule has 0 saturated carbocycles. The third-order valence-corrected chi connectivity index (χ3v) is 4.22. The number of aryl methyl sites for hydroxylation is 2. The van der Waals surface area contributed by atoms with E-state index in [1.807, 2.05) is 4.68 Å². The molecular formula is C19H18FN3. The smallest absolute Gasteiger partial charge is 0.133 e. The molecule has 0 fully saturated rings. The second-order valence-corrected chi connectivity index (χ2v) is 6.12. The summed E-state index contributed by atoms with van der Waals surface area (Å²) >= 11 is 0. The van der Waals surface area contributed by atoms with E-state index in [0.29, 0.717) is 0 Å². The third kappa shape index (κ3) is 2.40. The lowest BCUT2D eigenvalue weighted by Crippen LogP contribution is -2.04. The van der Waals surface area contributed by atoms with Crippen molar-refractivity contribution < 1.29 is 4.39 Å². The van der Waals surface area contributed by atoms with Crippen LogP contribution in [-0.2, 0) is 6.42 Å². The molecule has 23 heavy (non-hydrogen) atoms. The normalized spacial score (nSPS) is 13.0. The fraction of sp³-hybridized carbons (Fsp3) is 0.211. The lowest BCUT2D eigenvalue weighted by molar-refractivity contribution is 0.627. The van der Waals surface area contributed by atoms with Crippen LogP contribution in [0.3, 0.4) is 0 Å². The summed E-state index contributed by atoms with van der Waals surface area (Å²) in [6.45, 7) is 5.12. The van der Waals surface area contributed by atoms with Crippen LogP contribution in [0.15, 0.2) is 42.5 Å². The average Bonchev–Trinajstić information content (AvgIpc) is 3.09. The Morgan fingerprint density at radius 1 is 1.04 bits per heavy atom. The highest BCUT2D eigenvalue weighted by Crippen LogP contribution is 2.35. The Hall–Kier alpha value is -2.62. The summed E-state index contributed by atoms with van der Waals surface area (Å²) < 4.78 is 15.1. The van der Waals surface area contributed by atoms with Gasteiger partial charge in [-0.25, -0.2) is 9.07 Å². The molecule has 1 aliphatic rings. The molecule has 0 spiro atoms. The van der Waals surface area contributed by atoms with E-state index in [1.54, 1.807) is 12.1 Å². The Labute approximate surface area is 134 Å². The summed E-state index contributed by atoms with van der Waals surface area (Å²) in [7, 11) is 0. The van der Waals surface area contributed by atoms with Crippen LogP contribution in [0.2, 0.25) is 0 Å². The van der Waals surface area contributed by atoms with Crippen LogP contribution in [0.5, 0.6) is 0 Å². The topological polar surface area (TPSA) is 29.9 Å². The van der Waals surface area contributed by atoms with Crippen LogP contribution < -0.4 is 5.32 Å². The maximum absolute atomic E-state index is 13.2. The summed E-state index contributed by atoms with van der Waals surface area (Å²) in [6, 6.07) is 13.0. The predicted molar refractivity (Wildman–Crippen MR) is 90.6 cm³/mol. The Morgan fingerprint density at radius 2 is 1.74 bits per heavy atom. The molecule has 0 radical (unpaired) electrons. The molecule has 1 N–H and O–H groups in total. The number of halogens is 1. The minimum absolute atomic E-state index is 0.236. The van der Waals surface area contributed by atoms with Crippen molar-refractivity contribution >= 4 is 5.82 Å². The van der Waals surface area contributed by atoms with E-state index in [9.17, 15) is 4.39 Å². The van der Waals surface area contributed by atoms with Gasteiger partial charge in [0.05, 0.1) is 11.4 Å². The Bertz CT molecular complexity index is 858. The van der Waals surface area contributed by atoms with Crippen LogP contribution in [0, 0.1) is 19.7 Å². The third-order valence-electron chi connectivity index (χ3n) is 4.22. The molecule has 2 heterocycles. The highest BCUT2D eigenvalue weighted by Gasteiger charge is 2.24. The number of aromatic nitrogens is 2. The number of hydrogen-bond acceptors (Lipinski definition) is 2. The van der Waals surface area contributed by atoms with Crippen molar-refractivity contribution in [3.63, 3.8) is 0 Å². The van der Waals surface area contributed by atoms with Crippen molar-refractivity contribution in [1.29, 1.82) is 0 Å². The van der Waals surface area contributed by atoms with E-state index < -0.39 is 0 Å². The van der Waals surface area contributed by atoms with Gasteiger partial charge in [-0.15, -0.1) is 0 Å². The lowest BCUT2D eigenvalue weighted by Gasteiger charge is -2.06. The van der Waals surface area contributed by atoms with E-state index in [2.05, 4.69) is 37.4 Å². The number of fused-ring (bicyclic) bond motifs is 1. The highest BCUT2D eigenvalue weighted by atomic mass is 19.1. The zero-order valence-corrected chi connectivity index (χ0v) is 13.2. The van der Waals surface area contributed by atoms with Crippen LogP contribution in [-0.4, -0.2) is 16.3 Å². The molecule has 116 valence electrons. The van der Waals surface area contributed by atoms with Gasteiger partial charge >= 0.3 is 0 Å². The summed E-state index contributed by atoms with van der Waals surface area (Å²) in [5, 5.41) is 8.22. The zero-order chi connectivity index (χ0) is 16.0. The van der Waals surface area contributed by atoms with Crippen LogP contribution in [0.1, 0.15) is 16.7 Å². The standard InChI is InChI=1S/C19H18FN3/c1-12-9-13(2)11-14(10-12)18-17-7-8-21-19(17)23(22-18)16-5-3-15(20)4-6-16/h3-6,9-11,21H,7-8H2,1-2H3. The van der Waals surface area contributed by atoms with Gasteiger partial charge in [-0.1, -0.05) is 17.2 Å². The molecule has 0 bridgehead atoms. The van der Waals surface area contributed by atoms with Gasteiger partial charge in [0, 0.05) is 17.7 Å². The van der Waals surface area contributed by atoms with Crippen molar-refractivity contribution in [3.8, 4) is 16.9 Å². The van der Waals surface area contributed by atoms with Crippen LogP contribution in [0.4, 0.5) is 10.2 Å². The summed E-state index contributed by atoms with van der Waals surface area (Å²) in [5.41, 5.74) is 6.73. The fourth-order valence-electron chi connectivity index (χ4n) is 3.29. The van der Waals surface area contributed by atoms with Crippen molar-refractivity contribution in [2.24, 2.45) is 0 Å². The number of nitrogens with one attached hydrogen (secondary N) is 1. The first-order valence-corrected chi connectivity index (χ1v) is 7.82. The molecule has 1 aromatic heterocycles. The van der Waals surface area contributed by atoms with Crippen molar-refractivity contribution in [1.82, 2.24) is 9.78 Å². The van der Waals surface area contributed by atoms with Gasteiger partial charge < -0.3 is 5.32 Å². The Kier molecular flexibility index (Phi) is 3.18. The molecule has 2 aromatic carbocycles. The maximum atomic E-state index is 13.2. The average molecular weight is 307 g/mol. The van der Waals surface area contributed by atoms with Gasteiger partial charge in [0.2, 0.25) is 0 Å². The zero-order valence-electron chi connectivity index (χ0n) is 13.2. The minimum atomic E-state index is -0.236. The van der Waals surface area contributed by atoms with E-state index in [0.717, 1.165) is 35.7 Å². The van der Waals surface area contributed by atoms with E-state index >= 15 is 0 Å². The monoisotopic (exact) mass is 307 g/mol. The molecule has 0 atom stereocenters. The molecule has 4 heteroatoms. The molecule has 0 unspecified atom stereocenters. The summed E-state index contributed by atoms with van der Waals surface area (Å²) in [4.78, 5) is 0. The number of anilines is 1. The van der Waals surface area contributed by atoms with Gasteiger partial charge in [0.25, 0.3) is 0 Å². The second kappa shape index (κ2) is 5.23. The molecular weight excluding hydrogens is 289 g/mol. The molecule has 0 amide bonds. The number of hydrogen-bond donors (Lipinski definition) is 1. The fourth-order valence-corrected chi connectivity index (χ4v) is 3.29. The van der Waals surface area contributed by atoms with E-state index in [-0.39, 0.29) is 5.82 Å². The summed E-state index contributed by atoms with van der Waals surface area (Å²) in [5.74, 6) is 0.783. The van der Waals surface area contributed by atoms with Gasteiger partial charge in [-0.3, -0.25) is 0 Å². The van der Waals surface area contributed by atoms with Crippen molar-refractivity contribution in [2.45, 2.75) is 20.3 Å². The van der Waals surface area contributed by atoms with Crippen molar-refractivity contribution in [2.75, 3.05) is 11.9 Å². The van der Waals surface area contributed by atoms with E-state index in [4.69, 9.17) is 5.10 Å². The number of rotatable bonds is 2. The van der Waals surface area contributed by atoms with Gasteiger partial charge in [-0.2, -0.15) is 5.10 Å². The van der Waals surface area contributed by atoms with Crippen molar-refractivity contribution in [3.05, 3.63) is 65.0 Å². The quantitative estimate of drug-likeness (QED) is 0.766. The summed E-state index contributed by atoms with van der Waals surface area (Å²) in [6.07, 6.45) is 0.957. The van der Waals surface area contributed by atoms with Gasteiger partial charge in [-0.05, 0) is 56.7 Å². The second-order valence-electron chi connectivity index (χ2n) is 6.12. The highest BCUT2D eigenvalue weighted by molar-refractivity contribution is 5.73. The first-order chi connectivity index (χ1) is 11.1. The lowest BCUT2D eigenvalue weighted by atomic mass is 10.0. The van der Waals surface area contributed by atoms with Gasteiger partial charge in [0.1, 0.15) is 11.6 Å². The largest absolute Gasteiger partial charge is 0.369 e. The van der Waals surface area contributed by atoms with Crippen LogP contribution >= 0.6 is 0 Å².